The molecule has 0 amide bonds. The molecule has 17 heavy (non-hydrogen) atoms. The highest BCUT2D eigenvalue weighted by Gasteiger charge is 2.00. The van der Waals surface area contributed by atoms with Gasteiger partial charge in [-0.1, -0.05) is 35.3 Å². The lowest BCUT2D eigenvalue weighted by Crippen LogP contribution is -1.99. The Bertz CT molecular complexity index is 529. The molecule has 0 aliphatic heterocycles. The van der Waals surface area contributed by atoms with Gasteiger partial charge >= 0.3 is 0 Å². The van der Waals surface area contributed by atoms with Gasteiger partial charge in [0, 0.05) is 15.1 Å². The Kier molecular flexibility index (Phi) is 4.54. The number of rotatable bonds is 3. The van der Waals surface area contributed by atoms with Crippen molar-refractivity contribution in [1.82, 2.24) is 0 Å². The lowest BCUT2D eigenvalue weighted by Gasteiger charge is -2.09. The van der Waals surface area contributed by atoms with E-state index in [9.17, 15) is 0 Å². The molecule has 2 rings (SSSR count). The van der Waals surface area contributed by atoms with E-state index in [0.717, 1.165) is 24.9 Å². The fourth-order valence-electron chi connectivity index (χ4n) is 1.48. The Morgan fingerprint density at radius 2 is 1.88 bits per heavy atom. The van der Waals surface area contributed by atoms with Crippen LogP contribution in [-0.4, -0.2) is 0 Å². The van der Waals surface area contributed by atoms with Gasteiger partial charge in [-0.3, -0.25) is 0 Å². The predicted octanol–water partition coefficient (Wildman–Crippen LogP) is 5.21. The molecular weight excluding hydrogens is 368 g/mol. The monoisotopic (exact) mass is 377 g/mol. The smallest absolute Gasteiger partial charge is 0.0648 e. The highest BCUT2D eigenvalue weighted by molar-refractivity contribution is 14.1. The number of nitrogens with one attached hydrogen (secondary N) is 1. The number of halogens is 3. The topological polar surface area (TPSA) is 12.0 Å². The quantitative estimate of drug-likeness (QED) is 0.724. The van der Waals surface area contributed by atoms with Crippen molar-refractivity contribution in [1.29, 1.82) is 0 Å². The molecule has 1 nitrogen and oxygen atoms in total. The Hall–Kier alpha value is -0.450. The van der Waals surface area contributed by atoms with Crippen LogP contribution in [0.2, 0.25) is 10.0 Å². The zero-order chi connectivity index (χ0) is 12.3. The highest BCUT2D eigenvalue weighted by Crippen LogP contribution is 2.24. The number of hydrogen-bond donors (Lipinski definition) is 1. The summed E-state index contributed by atoms with van der Waals surface area (Å²) in [6.45, 7) is 0.709. The molecule has 2 aromatic rings. The number of anilines is 1. The van der Waals surface area contributed by atoms with Crippen LogP contribution in [-0.2, 0) is 6.54 Å². The van der Waals surface area contributed by atoms with E-state index < -0.39 is 0 Å². The minimum atomic E-state index is 0.709. The van der Waals surface area contributed by atoms with E-state index in [2.05, 4.69) is 27.9 Å². The second-order valence-electron chi connectivity index (χ2n) is 3.61. The van der Waals surface area contributed by atoms with Crippen LogP contribution in [0.25, 0.3) is 0 Å². The minimum Gasteiger partial charge on any atom is -0.380 e. The van der Waals surface area contributed by atoms with E-state index in [1.54, 1.807) is 0 Å². The van der Waals surface area contributed by atoms with Gasteiger partial charge in [-0.05, 0) is 58.5 Å². The fraction of sp³-hybridized carbons (Fsp3) is 0.0769. The lowest BCUT2D eigenvalue weighted by atomic mass is 10.2. The van der Waals surface area contributed by atoms with Crippen LogP contribution < -0.4 is 5.32 Å². The molecule has 0 heterocycles. The molecule has 0 aliphatic carbocycles. The Morgan fingerprint density at radius 3 is 2.59 bits per heavy atom. The Morgan fingerprint density at radius 1 is 1.06 bits per heavy atom. The van der Waals surface area contributed by atoms with Crippen LogP contribution in [0, 0.1) is 3.57 Å². The molecule has 0 fully saturated rings. The van der Waals surface area contributed by atoms with Crippen molar-refractivity contribution in [3.63, 3.8) is 0 Å². The standard InChI is InChI=1S/C13H10Cl2IN/c14-10-3-1-2-9(6-10)8-17-13-5-4-11(16)7-12(13)15/h1-7,17H,8H2. The zero-order valence-electron chi connectivity index (χ0n) is 8.88. The van der Waals surface area contributed by atoms with Crippen LogP contribution in [0.4, 0.5) is 5.69 Å². The molecule has 0 bridgehead atoms. The third-order valence-corrected chi connectivity index (χ3v) is 3.52. The highest BCUT2D eigenvalue weighted by atomic mass is 127. The molecule has 4 heteroatoms. The summed E-state index contributed by atoms with van der Waals surface area (Å²) in [5.74, 6) is 0. The fourth-order valence-corrected chi connectivity index (χ4v) is 2.61. The second kappa shape index (κ2) is 5.94. The van der Waals surface area contributed by atoms with Gasteiger partial charge in [0.15, 0.2) is 0 Å². The Balaban J connectivity index is 2.07. The maximum absolute atomic E-state index is 6.13. The van der Waals surface area contributed by atoms with Crippen molar-refractivity contribution >= 4 is 51.5 Å². The summed E-state index contributed by atoms with van der Waals surface area (Å²) < 4.78 is 1.13. The molecule has 0 spiro atoms. The van der Waals surface area contributed by atoms with E-state index in [1.165, 1.54) is 0 Å². The normalized spacial score (nSPS) is 10.3. The number of hydrogen-bond acceptors (Lipinski definition) is 1. The summed E-state index contributed by atoms with van der Waals surface area (Å²) in [5, 5.41) is 4.77. The lowest BCUT2D eigenvalue weighted by molar-refractivity contribution is 1.15. The molecule has 0 unspecified atom stereocenters. The molecule has 1 N–H and O–H groups in total. The predicted molar refractivity (Wildman–Crippen MR) is 82.9 cm³/mol. The molecule has 0 aromatic heterocycles. The van der Waals surface area contributed by atoms with Crippen molar-refractivity contribution < 1.29 is 0 Å². The largest absolute Gasteiger partial charge is 0.380 e. The molecule has 88 valence electrons. The summed E-state index contributed by atoms with van der Waals surface area (Å²) in [6, 6.07) is 13.7. The van der Waals surface area contributed by atoms with Crippen LogP contribution in [0.5, 0.6) is 0 Å². The summed E-state index contributed by atoms with van der Waals surface area (Å²) >= 11 is 14.3. The maximum Gasteiger partial charge on any atom is 0.0648 e. The average molecular weight is 378 g/mol. The van der Waals surface area contributed by atoms with Crippen molar-refractivity contribution in [3.05, 3.63) is 61.6 Å². The van der Waals surface area contributed by atoms with E-state index in [0.29, 0.717) is 6.54 Å². The SMILES string of the molecule is Clc1cccc(CNc2ccc(I)cc2Cl)c1. The first-order valence-corrected chi connectivity index (χ1v) is 6.92. The van der Waals surface area contributed by atoms with E-state index >= 15 is 0 Å². The van der Waals surface area contributed by atoms with Crippen LogP contribution >= 0.6 is 45.8 Å². The molecule has 0 atom stereocenters. The second-order valence-corrected chi connectivity index (χ2v) is 5.70. The van der Waals surface area contributed by atoms with Crippen molar-refractivity contribution in [2.45, 2.75) is 6.54 Å². The van der Waals surface area contributed by atoms with E-state index in [1.807, 2.05) is 42.5 Å². The van der Waals surface area contributed by atoms with Gasteiger partial charge in [-0.25, -0.2) is 0 Å². The van der Waals surface area contributed by atoms with Crippen LogP contribution in [0.3, 0.4) is 0 Å². The van der Waals surface area contributed by atoms with Gasteiger partial charge in [-0.2, -0.15) is 0 Å². The Labute approximate surface area is 124 Å². The first-order chi connectivity index (χ1) is 8.15. The first kappa shape index (κ1) is 13.0. The molecular formula is C13H10Cl2IN. The van der Waals surface area contributed by atoms with Gasteiger partial charge < -0.3 is 5.32 Å². The zero-order valence-corrected chi connectivity index (χ0v) is 12.6. The number of benzene rings is 2. The summed E-state index contributed by atoms with van der Waals surface area (Å²) in [7, 11) is 0. The third-order valence-electron chi connectivity index (χ3n) is 2.30. The van der Waals surface area contributed by atoms with Crippen molar-refractivity contribution in [2.24, 2.45) is 0 Å². The van der Waals surface area contributed by atoms with E-state index in [4.69, 9.17) is 23.2 Å². The maximum atomic E-state index is 6.13. The van der Waals surface area contributed by atoms with Gasteiger partial charge in [0.1, 0.15) is 0 Å². The van der Waals surface area contributed by atoms with Gasteiger partial charge in [0.2, 0.25) is 0 Å². The molecule has 0 aliphatic rings. The van der Waals surface area contributed by atoms with Crippen LogP contribution in [0.15, 0.2) is 42.5 Å². The summed E-state index contributed by atoms with van der Waals surface area (Å²) in [4.78, 5) is 0. The molecule has 0 radical (unpaired) electrons. The van der Waals surface area contributed by atoms with Gasteiger partial charge in [0.05, 0.1) is 10.7 Å². The first-order valence-electron chi connectivity index (χ1n) is 5.08. The summed E-state index contributed by atoms with van der Waals surface area (Å²) in [5.41, 5.74) is 2.07. The average Bonchev–Trinajstić information content (AvgIpc) is 2.28. The molecule has 0 saturated carbocycles. The summed E-state index contributed by atoms with van der Waals surface area (Å²) in [6.07, 6.45) is 0. The minimum absolute atomic E-state index is 0.709. The molecule has 2 aromatic carbocycles. The van der Waals surface area contributed by atoms with Crippen molar-refractivity contribution in [3.8, 4) is 0 Å². The third kappa shape index (κ3) is 3.76. The van der Waals surface area contributed by atoms with Gasteiger partial charge in [0.25, 0.3) is 0 Å². The van der Waals surface area contributed by atoms with Crippen LogP contribution in [0.1, 0.15) is 5.56 Å². The van der Waals surface area contributed by atoms with Crippen molar-refractivity contribution in [2.75, 3.05) is 5.32 Å². The van der Waals surface area contributed by atoms with E-state index in [-0.39, 0.29) is 0 Å². The van der Waals surface area contributed by atoms with Gasteiger partial charge in [-0.15, -0.1) is 0 Å². The molecule has 0 saturated heterocycles.